The van der Waals surface area contributed by atoms with Gasteiger partial charge in [0.05, 0.1) is 6.54 Å². The number of rotatable bonds is 7. The van der Waals surface area contributed by atoms with E-state index in [-0.39, 0.29) is 34.6 Å². The van der Waals surface area contributed by atoms with Crippen LogP contribution >= 0.6 is 35.7 Å². The van der Waals surface area contributed by atoms with Crippen molar-refractivity contribution in [3.8, 4) is 0 Å². The number of piperazine rings is 1. The fourth-order valence-electron chi connectivity index (χ4n) is 2.29. The highest BCUT2D eigenvalue weighted by atomic mass is 127. The molecule has 1 aliphatic heterocycles. The molecule has 0 aromatic heterocycles. The summed E-state index contributed by atoms with van der Waals surface area (Å²) < 4.78 is 0.158. The van der Waals surface area contributed by atoms with Gasteiger partial charge in [0, 0.05) is 57.5 Å². The highest BCUT2D eigenvalue weighted by Crippen LogP contribution is 2.20. The van der Waals surface area contributed by atoms with Crippen molar-refractivity contribution in [3.05, 3.63) is 0 Å². The molecule has 0 bridgehead atoms. The number of aliphatic imine (C=N–C) groups is 1. The first kappa shape index (κ1) is 23.8. The lowest BCUT2D eigenvalue weighted by Gasteiger charge is -2.34. The lowest BCUT2D eigenvalue weighted by molar-refractivity contribution is -0.130. The summed E-state index contributed by atoms with van der Waals surface area (Å²) in [7, 11) is 0. The second-order valence-electron chi connectivity index (χ2n) is 6.43. The molecule has 0 aromatic carbocycles. The second kappa shape index (κ2) is 12.2. The van der Waals surface area contributed by atoms with E-state index < -0.39 is 0 Å². The van der Waals surface area contributed by atoms with Crippen molar-refractivity contribution in [1.29, 1.82) is 0 Å². The smallest absolute Gasteiger partial charge is 0.219 e. The molecular formula is C16H34IN5OS. The molecule has 1 heterocycles. The Labute approximate surface area is 168 Å². The average molecular weight is 471 g/mol. The Morgan fingerprint density at radius 3 is 2.33 bits per heavy atom. The maximum absolute atomic E-state index is 11.3. The molecule has 2 N–H and O–H groups in total. The van der Waals surface area contributed by atoms with Crippen LogP contribution in [0, 0.1) is 0 Å². The number of guanidine groups is 1. The zero-order valence-electron chi connectivity index (χ0n) is 15.7. The van der Waals surface area contributed by atoms with E-state index in [1.807, 2.05) is 16.7 Å². The Morgan fingerprint density at radius 1 is 1.21 bits per heavy atom. The monoisotopic (exact) mass is 471 g/mol. The van der Waals surface area contributed by atoms with Gasteiger partial charge >= 0.3 is 0 Å². The van der Waals surface area contributed by atoms with Gasteiger partial charge in [-0.3, -0.25) is 14.7 Å². The van der Waals surface area contributed by atoms with E-state index in [4.69, 9.17) is 0 Å². The van der Waals surface area contributed by atoms with Gasteiger partial charge in [0.1, 0.15) is 0 Å². The molecule has 0 radical (unpaired) electrons. The first-order valence-electron chi connectivity index (χ1n) is 8.43. The van der Waals surface area contributed by atoms with Crippen LogP contribution in [0.3, 0.4) is 0 Å². The quantitative estimate of drug-likeness (QED) is 0.335. The summed E-state index contributed by atoms with van der Waals surface area (Å²) in [5.74, 6) is 1.07. The van der Waals surface area contributed by atoms with Gasteiger partial charge in [0.25, 0.3) is 0 Å². The van der Waals surface area contributed by atoms with E-state index in [1.54, 1.807) is 6.92 Å². The van der Waals surface area contributed by atoms with E-state index in [1.165, 1.54) is 0 Å². The summed E-state index contributed by atoms with van der Waals surface area (Å²) >= 11 is 1.83. The molecule has 1 fully saturated rings. The van der Waals surface area contributed by atoms with Gasteiger partial charge < -0.3 is 15.5 Å². The molecule has 0 saturated carbocycles. The molecule has 1 saturated heterocycles. The maximum atomic E-state index is 11.3. The van der Waals surface area contributed by atoms with Crippen molar-refractivity contribution in [2.24, 2.45) is 4.99 Å². The Kier molecular flexibility index (Phi) is 12.1. The van der Waals surface area contributed by atoms with Gasteiger partial charge in [-0.05, 0) is 27.0 Å². The number of carbonyl (C=O) groups is 1. The summed E-state index contributed by atoms with van der Waals surface area (Å²) in [4.78, 5) is 20.3. The molecule has 0 spiro atoms. The highest BCUT2D eigenvalue weighted by molar-refractivity contribution is 14.0. The van der Waals surface area contributed by atoms with Gasteiger partial charge in [-0.25, -0.2) is 0 Å². The van der Waals surface area contributed by atoms with Crippen LogP contribution in [0.5, 0.6) is 0 Å². The predicted molar refractivity (Wildman–Crippen MR) is 116 cm³/mol. The summed E-state index contributed by atoms with van der Waals surface area (Å²) in [5, 5.41) is 6.70. The van der Waals surface area contributed by atoms with Crippen molar-refractivity contribution in [1.82, 2.24) is 20.4 Å². The molecule has 1 rings (SSSR count). The normalized spacial score (nSPS) is 16.5. The Balaban J connectivity index is 0.00000529. The zero-order valence-corrected chi connectivity index (χ0v) is 18.9. The highest BCUT2D eigenvalue weighted by Gasteiger charge is 2.18. The topological polar surface area (TPSA) is 60.0 Å². The minimum absolute atomic E-state index is 0. The third kappa shape index (κ3) is 9.31. The number of nitrogens with zero attached hydrogens (tertiary/aromatic N) is 3. The van der Waals surface area contributed by atoms with Crippen LogP contribution in [-0.2, 0) is 4.79 Å². The number of hydrogen-bond acceptors (Lipinski definition) is 4. The average Bonchev–Trinajstić information content (AvgIpc) is 2.53. The SMILES string of the molecule is CCNC(=NCC(C)(C)SC)NCCN1CCN(C(C)=O)CC1.I. The first-order valence-corrected chi connectivity index (χ1v) is 9.65. The number of halogens is 1. The molecule has 0 aromatic rings. The standard InChI is InChI=1S/C16H33N5OS.HI/c1-6-17-15(19-13-16(3,4)23-5)18-7-8-20-9-11-21(12-10-20)14(2)22;/h6-13H2,1-5H3,(H2,17,18,19);1H. The number of hydrogen-bond donors (Lipinski definition) is 2. The summed E-state index contributed by atoms with van der Waals surface area (Å²) in [6, 6.07) is 0. The third-order valence-electron chi connectivity index (χ3n) is 4.05. The second-order valence-corrected chi connectivity index (χ2v) is 7.95. The first-order chi connectivity index (χ1) is 10.9. The molecular weight excluding hydrogens is 437 g/mol. The van der Waals surface area contributed by atoms with E-state index in [0.717, 1.165) is 58.3 Å². The van der Waals surface area contributed by atoms with E-state index in [2.05, 4.69) is 47.6 Å². The molecule has 24 heavy (non-hydrogen) atoms. The minimum atomic E-state index is 0. The molecule has 6 nitrogen and oxygen atoms in total. The molecule has 8 heteroatoms. The van der Waals surface area contributed by atoms with Gasteiger partial charge in [-0.15, -0.1) is 24.0 Å². The van der Waals surface area contributed by atoms with Crippen LogP contribution in [-0.4, -0.2) is 85.0 Å². The number of thioether (sulfide) groups is 1. The Hall–Kier alpha value is -0.220. The Bertz CT molecular complexity index is 398. The van der Waals surface area contributed by atoms with E-state index in [9.17, 15) is 4.79 Å². The molecule has 1 aliphatic rings. The van der Waals surface area contributed by atoms with Crippen LogP contribution in [0.4, 0.5) is 0 Å². The van der Waals surface area contributed by atoms with Crippen LogP contribution in [0.15, 0.2) is 4.99 Å². The van der Waals surface area contributed by atoms with Crippen LogP contribution in [0.1, 0.15) is 27.7 Å². The maximum Gasteiger partial charge on any atom is 0.219 e. The lowest BCUT2D eigenvalue weighted by atomic mass is 10.2. The molecule has 1 amide bonds. The van der Waals surface area contributed by atoms with Gasteiger partial charge in [0.2, 0.25) is 5.91 Å². The fourth-order valence-corrected chi connectivity index (χ4v) is 2.49. The molecule has 0 unspecified atom stereocenters. The third-order valence-corrected chi connectivity index (χ3v) is 5.29. The number of nitrogens with one attached hydrogen (secondary N) is 2. The lowest BCUT2D eigenvalue weighted by Crippen LogP contribution is -2.50. The summed E-state index contributed by atoms with van der Waals surface area (Å²) in [5.41, 5.74) is 0. The van der Waals surface area contributed by atoms with Crippen molar-refractivity contribution >= 4 is 47.6 Å². The fraction of sp³-hybridized carbons (Fsp3) is 0.875. The number of carbonyl (C=O) groups excluding carboxylic acids is 1. The van der Waals surface area contributed by atoms with Gasteiger partial charge in [0.15, 0.2) is 5.96 Å². The summed E-state index contributed by atoms with van der Waals surface area (Å²) in [6.45, 7) is 15.2. The number of amides is 1. The summed E-state index contributed by atoms with van der Waals surface area (Å²) in [6.07, 6.45) is 2.12. The predicted octanol–water partition coefficient (Wildman–Crippen LogP) is 1.47. The largest absolute Gasteiger partial charge is 0.357 e. The van der Waals surface area contributed by atoms with Crippen molar-refractivity contribution in [2.45, 2.75) is 32.4 Å². The van der Waals surface area contributed by atoms with Crippen molar-refractivity contribution < 1.29 is 4.79 Å². The van der Waals surface area contributed by atoms with Crippen molar-refractivity contribution in [2.75, 3.05) is 58.6 Å². The molecule has 0 atom stereocenters. The van der Waals surface area contributed by atoms with Gasteiger partial charge in [-0.2, -0.15) is 11.8 Å². The van der Waals surface area contributed by atoms with Crippen LogP contribution in [0.2, 0.25) is 0 Å². The molecule has 142 valence electrons. The van der Waals surface area contributed by atoms with Crippen molar-refractivity contribution in [3.63, 3.8) is 0 Å². The van der Waals surface area contributed by atoms with Gasteiger partial charge in [-0.1, -0.05) is 0 Å². The van der Waals surface area contributed by atoms with Crippen LogP contribution in [0.25, 0.3) is 0 Å². The molecule has 0 aliphatic carbocycles. The van der Waals surface area contributed by atoms with E-state index >= 15 is 0 Å². The zero-order chi connectivity index (χ0) is 17.3. The minimum Gasteiger partial charge on any atom is -0.357 e. The van der Waals surface area contributed by atoms with E-state index in [0.29, 0.717) is 0 Å². The van der Waals surface area contributed by atoms with Crippen LogP contribution < -0.4 is 10.6 Å². The Morgan fingerprint density at radius 2 is 1.83 bits per heavy atom.